The molecular weight excluding hydrogens is 336 g/mol. The van der Waals surface area contributed by atoms with Crippen LogP contribution in [0.4, 0.5) is 8.78 Å². The zero-order valence-electron chi connectivity index (χ0n) is 13.6. The average molecular weight is 357 g/mol. The van der Waals surface area contributed by atoms with Gasteiger partial charge in [0.05, 0.1) is 12.3 Å². The highest BCUT2D eigenvalue weighted by molar-refractivity contribution is 5.80. The molecule has 0 aliphatic carbocycles. The van der Waals surface area contributed by atoms with Gasteiger partial charge in [-0.15, -0.1) is 0 Å². The number of para-hydroxylation sites is 1. The van der Waals surface area contributed by atoms with Crippen LogP contribution in [0.3, 0.4) is 0 Å². The third kappa shape index (κ3) is 5.97. The Morgan fingerprint density at radius 2 is 1.96 bits per heavy atom. The molecule has 0 saturated carbocycles. The lowest BCUT2D eigenvalue weighted by Crippen LogP contribution is -2.39. The third-order valence-electron chi connectivity index (χ3n) is 4.21. The lowest BCUT2D eigenvalue weighted by molar-refractivity contribution is -0.145. The molecule has 1 aliphatic heterocycles. The van der Waals surface area contributed by atoms with Gasteiger partial charge in [-0.05, 0) is 24.8 Å². The van der Waals surface area contributed by atoms with Crippen LogP contribution in [-0.2, 0) is 20.7 Å². The summed E-state index contributed by atoms with van der Waals surface area (Å²) >= 11 is 0. The number of carboxylic acids is 1. The molecule has 25 heavy (non-hydrogen) atoms. The number of hydrogen-bond donors (Lipinski definition) is 2. The van der Waals surface area contributed by atoms with Gasteiger partial charge in [0.1, 0.15) is 5.75 Å². The number of carbonyl (C=O) groups is 2. The minimum atomic E-state index is -2.98. The van der Waals surface area contributed by atoms with E-state index in [0.717, 1.165) is 0 Å². The first-order chi connectivity index (χ1) is 12.0. The van der Waals surface area contributed by atoms with E-state index < -0.39 is 24.4 Å². The normalized spacial score (nSPS) is 16.4. The first-order valence-corrected chi connectivity index (χ1v) is 8.07. The second kappa shape index (κ2) is 9.31. The van der Waals surface area contributed by atoms with Gasteiger partial charge in [-0.1, -0.05) is 18.2 Å². The van der Waals surface area contributed by atoms with E-state index in [1.54, 1.807) is 6.07 Å². The van der Waals surface area contributed by atoms with Crippen LogP contribution in [0.2, 0.25) is 0 Å². The molecule has 8 heteroatoms. The van der Waals surface area contributed by atoms with Crippen molar-refractivity contribution in [3.63, 3.8) is 0 Å². The van der Waals surface area contributed by atoms with Crippen molar-refractivity contribution in [2.75, 3.05) is 19.8 Å². The van der Waals surface area contributed by atoms with Gasteiger partial charge >= 0.3 is 12.6 Å². The Morgan fingerprint density at radius 3 is 2.60 bits per heavy atom. The van der Waals surface area contributed by atoms with E-state index in [0.29, 0.717) is 31.6 Å². The minimum Gasteiger partial charge on any atom is -0.481 e. The lowest BCUT2D eigenvalue weighted by Gasteiger charge is -2.27. The van der Waals surface area contributed by atoms with Crippen LogP contribution in [-0.4, -0.2) is 43.4 Å². The molecule has 0 bridgehead atoms. The molecule has 0 radical (unpaired) electrons. The zero-order valence-corrected chi connectivity index (χ0v) is 13.6. The van der Waals surface area contributed by atoms with E-state index in [-0.39, 0.29) is 24.6 Å². The molecule has 1 heterocycles. The quantitative estimate of drug-likeness (QED) is 0.744. The molecule has 1 atom stereocenters. The van der Waals surface area contributed by atoms with Gasteiger partial charge in [0.15, 0.2) is 0 Å². The fraction of sp³-hybridized carbons (Fsp3) is 0.529. The van der Waals surface area contributed by atoms with Crippen LogP contribution in [0, 0.1) is 11.8 Å². The highest BCUT2D eigenvalue weighted by Gasteiger charge is 2.30. The maximum Gasteiger partial charge on any atom is 0.387 e. The number of aliphatic carboxylic acids is 1. The smallest absolute Gasteiger partial charge is 0.387 e. The van der Waals surface area contributed by atoms with Crippen molar-refractivity contribution in [1.29, 1.82) is 0 Å². The fourth-order valence-corrected chi connectivity index (χ4v) is 2.89. The van der Waals surface area contributed by atoms with Gasteiger partial charge in [-0.25, -0.2) is 0 Å². The predicted molar refractivity (Wildman–Crippen MR) is 84.5 cm³/mol. The number of alkyl halides is 2. The number of carbonyl (C=O) groups excluding carboxylic acids is 1. The second-order valence-electron chi connectivity index (χ2n) is 5.86. The summed E-state index contributed by atoms with van der Waals surface area (Å²) in [5.74, 6) is -2.22. The maximum absolute atomic E-state index is 12.4. The van der Waals surface area contributed by atoms with Crippen molar-refractivity contribution in [2.24, 2.45) is 11.8 Å². The summed E-state index contributed by atoms with van der Waals surface area (Å²) in [7, 11) is 0. The third-order valence-corrected chi connectivity index (χ3v) is 4.21. The predicted octanol–water partition coefficient (Wildman–Crippen LogP) is 2.07. The van der Waals surface area contributed by atoms with Crippen molar-refractivity contribution >= 4 is 11.9 Å². The molecule has 1 unspecified atom stereocenters. The molecule has 0 aromatic heterocycles. The highest BCUT2D eigenvalue weighted by Crippen LogP contribution is 2.24. The molecular formula is C17H21F2NO5. The van der Waals surface area contributed by atoms with Crippen molar-refractivity contribution < 1.29 is 33.0 Å². The van der Waals surface area contributed by atoms with Crippen LogP contribution in [0.5, 0.6) is 5.75 Å². The molecule has 0 spiro atoms. The molecule has 1 aliphatic rings. The summed E-state index contributed by atoms with van der Waals surface area (Å²) < 4.78 is 34.4. The standard InChI is InChI=1S/C17H21F2NO5/c18-17(19)25-14-4-2-1-3-12(14)9-15(21)20-10-13(16(22)23)11-5-7-24-8-6-11/h1-4,11,13,17H,5-10H2,(H,20,21)(H,22,23). The van der Waals surface area contributed by atoms with Gasteiger partial charge in [-0.2, -0.15) is 8.78 Å². The monoisotopic (exact) mass is 357 g/mol. The van der Waals surface area contributed by atoms with Crippen LogP contribution >= 0.6 is 0 Å². The van der Waals surface area contributed by atoms with Crippen LogP contribution < -0.4 is 10.1 Å². The Bertz CT molecular complexity index is 590. The first kappa shape index (κ1) is 19.1. The van der Waals surface area contributed by atoms with E-state index >= 15 is 0 Å². The number of benzene rings is 1. The van der Waals surface area contributed by atoms with Gasteiger partial charge in [0, 0.05) is 25.3 Å². The van der Waals surface area contributed by atoms with E-state index in [1.807, 2.05) is 0 Å². The summed E-state index contributed by atoms with van der Waals surface area (Å²) in [6.45, 7) is -1.95. The summed E-state index contributed by atoms with van der Waals surface area (Å²) in [4.78, 5) is 23.5. The number of hydrogen-bond acceptors (Lipinski definition) is 4. The van der Waals surface area contributed by atoms with E-state index in [4.69, 9.17) is 4.74 Å². The molecule has 2 N–H and O–H groups in total. The lowest BCUT2D eigenvalue weighted by atomic mass is 9.86. The summed E-state index contributed by atoms with van der Waals surface area (Å²) in [6, 6.07) is 6.02. The Morgan fingerprint density at radius 1 is 1.28 bits per heavy atom. The summed E-state index contributed by atoms with van der Waals surface area (Å²) in [5.41, 5.74) is 0.318. The van der Waals surface area contributed by atoms with E-state index in [2.05, 4.69) is 10.1 Å². The minimum absolute atomic E-state index is 0.00327. The number of carboxylic acid groups (broad SMARTS) is 1. The molecule has 6 nitrogen and oxygen atoms in total. The molecule has 1 aromatic carbocycles. The number of rotatable bonds is 8. The molecule has 1 fully saturated rings. The number of ether oxygens (including phenoxy) is 2. The Hall–Kier alpha value is -2.22. The molecule has 1 amide bonds. The van der Waals surface area contributed by atoms with Crippen molar-refractivity contribution in [3.05, 3.63) is 29.8 Å². The van der Waals surface area contributed by atoms with Crippen LogP contribution in [0.15, 0.2) is 24.3 Å². The molecule has 1 aromatic rings. The zero-order chi connectivity index (χ0) is 18.2. The fourth-order valence-electron chi connectivity index (χ4n) is 2.89. The van der Waals surface area contributed by atoms with Crippen LogP contribution in [0.25, 0.3) is 0 Å². The molecule has 2 rings (SSSR count). The van der Waals surface area contributed by atoms with E-state index in [9.17, 15) is 23.5 Å². The molecule has 1 saturated heterocycles. The Balaban J connectivity index is 1.92. The van der Waals surface area contributed by atoms with Gasteiger partial charge in [0.2, 0.25) is 5.91 Å². The first-order valence-electron chi connectivity index (χ1n) is 8.07. The van der Waals surface area contributed by atoms with Gasteiger partial charge < -0.3 is 19.9 Å². The summed E-state index contributed by atoms with van der Waals surface area (Å²) in [5, 5.41) is 12.0. The van der Waals surface area contributed by atoms with E-state index in [1.165, 1.54) is 18.2 Å². The van der Waals surface area contributed by atoms with Gasteiger partial charge in [-0.3, -0.25) is 9.59 Å². The second-order valence-corrected chi connectivity index (χ2v) is 5.86. The van der Waals surface area contributed by atoms with Crippen molar-refractivity contribution in [2.45, 2.75) is 25.9 Å². The van der Waals surface area contributed by atoms with Crippen LogP contribution in [0.1, 0.15) is 18.4 Å². The SMILES string of the molecule is O=C(Cc1ccccc1OC(F)F)NCC(C(=O)O)C1CCOCC1. The number of nitrogens with one attached hydrogen (secondary N) is 1. The number of halogens is 2. The maximum atomic E-state index is 12.4. The summed E-state index contributed by atoms with van der Waals surface area (Å²) in [6.07, 6.45) is 1.11. The molecule has 138 valence electrons. The highest BCUT2D eigenvalue weighted by atomic mass is 19.3. The Kier molecular flexibility index (Phi) is 7.12. The number of amides is 1. The Labute approximate surface area is 144 Å². The van der Waals surface area contributed by atoms with Gasteiger partial charge in [0.25, 0.3) is 0 Å². The van der Waals surface area contributed by atoms with Crippen molar-refractivity contribution in [3.8, 4) is 5.75 Å². The topological polar surface area (TPSA) is 84.9 Å². The van der Waals surface area contributed by atoms with Crippen molar-refractivity contribution in [1.82, 2.24) is 5.32 Å². The average Bonchev–Trinajstić information content (AvgIpc) is 2.57. The largest absolute Gasteiger partial charge is 0.481 e.